The highest BCUT2D eigenvalue weighted by atomic mass is 16.7. The summed E-state index contributed by atoms with van der Waals surface area (Å²) < 4.78 is 14.8. The van der Waals surface area contributed by atoms with Gasteiger partial charge >= 0.3 is 11.9 Å². The van der Waals surface area contributed by atoms with Crippen LogP contribution in [0.5, 0.6) is 5.75 Å². The molecule has 5 heteroatoms. The van der Waals surface area contributed by atoms with Gasteiger partial charge in [-0.25, -0.2) is 9.59 Å². The second kappa shape index (κ2) is 4.91. The zero-order valence-electron chi connectivity index (χ0n) is 10.0. The van der Waals surface area contributed by atoms with Crippen LogP contribution in [0.2, 0.25) is 0 Å². The van der Waals surface area contributed by atoms with E-state index in [1.165, 1.54) is 6.08 Å². The zero-order valence-corrected chi connectivity index (χ0v) is 10.0. The maximum absolute atomic E-state index is 11.7. The Morgan fingerprint density at radius 3 is 2.44 bits per heavy atom. The molecule has 0 bridgehead atoms. The lowest BCUT2D eigenvalue weighted by Crippen LogP contribution is -2.17. The minimum absolute atomic E-state index is 0.366. The Balaban J connectivity index is 2.02. The van der Waals surface area contributed by atoms with Gasteiger partial charge in [0.1, 0.15) is 5.75 Å². The number of carbonyl (C=O) groups is 2. The Hall–Kier alpha value is -2.30. The normalized spacial score (nSPS) is 18.0. The van der Waals surface area contributed by atoms with Crippen LogP contribution in [0.4, 0.5) is 0 Å². The number of benzene rings is 1. The van der Waals surface area contributed by atoms with Crippen molar-refractivity contribution in [3.8, 4) is 5.75 Å². The van der Waals surface area contributed by atoms with Gasteiger partial charge in [0.25, 0.3) is 6.29 Å². The number of rotatable bonds is 3. The van der Waals surface area contributed by atoms with Crippen molar-refractivity contribution in [1.82, 2.24) is 0 Å². The van der Waals surface area contributed by atoms with Crippen LogP contribution in [-0.4, -0.2) is 25.3 Å². The molecule has 0 aromatic heterocycles. The second-order valence-corrected chi connectivity index (χ2v) is 3.76. The van der Waals surface area contributed by atoms with Gasteiger partial charge in [0.15, 0.2) is 0 Å². The molecule has 0 aliphatic carbocycles. The molecule has 1 heterocycles. The third kappa shape index (κ3) is 2.51. The minimum atomic E-state index is -0.938. The first-order valence-electron chi connectivity index (χ1n) is 5.34. The number of hydrogen-bond acceptors (Lipinski definition) is 5. The molecule has 1 unspecified atom stereocenters. The lowest BCUT2D eigenvalue weighted by Gasteiger charge is -2.10. The van der Waals surface area contributed by atoms with E-state index in [2.05, 4.69) is 0 Å². The van der Waals surface area contributed by atoms with E-state index in [1.54, 1.807) is 38.3 Å². The maximum atomic E-state index is 11.7. The summed E-state index contributed by atoms with van der Waals surface area (Å²) in [7, 11) is 1.54. The Morgan fingerprint density at radius 1 is 1.28 bits per heavy atom. The van der Waals surface area contributed by atoms with Gasteiger partial charge < -0.3 is 14.2 Å². The van der Waals surface area contributed by atoms with Gasteiger partial charge in [-0.15, -0.1) is 0 Å². The average molecular weight is 248 g/mol. The average Bonchev–Trinajstić information content (AvgIpc) is 2.68. The summed E-state index contributed by atoms with van der Waals surface area (Å²) in [5, 5.41) is 0. The standard InChI is InChI=1S/C13H12O5/c1-8-7-11(17-12(8)14)18-13(15)9-3-5-10(16-2)6-4-9/h3-7,11H,1-2H3. The highest BCUT2D eigenvalue weighted by Crippen LogP contribution is 2.17. The van der Waals surface area contributed by atoms with Gasteiger partial charge in [0.2, 0.25) is 0 Å². The number of cyclic esters (lactones) is 1. The Kier molecular flexibility index (Phi) is 3.32. The fourth-order valence-corrected chi connectivity index (χ4v) is 1.46. The van der Waals surface area contributed by atoms with Crippen molar-refractivity contribution >= 4 is 11.9 Å². The quantitative estimate of drug-likeness (QED) is 0.761. The van der Waals surface area contributed by atoms with Crippen molar-refractivity contribution in [2.24, 2.45) is 0 Å². The summed E-state index contributed by atoms with van der Waals surface area (Å²) in [6, 6.07) is 6.46. The maximum Gasteiger partial charge on any atom is 0.341 e. The van der Waals surface area contributed by atoms with Crippen LogP contribution in [0.15, 0.2) is 35.9 Å². The van der Waals surface area contributed by atoms with Gasteiger partial charge in [-0.2, -0.15) is 0 Å². The Morgan fingerprint density at radius 2 is 1.94 bits per heavy atom. The van der Waals surface area contributed by atoms with E-state index in [1.807, 2.05) is 0 Å². The number of ether oxygens (including phenoxy) is 3. The summed E-state index contributed by atoms with van der Waals surface area (Å²) in [6.45, 7) is 1.60. The lowest BCUT2D eigenvalue weighted by atomic mass is 10.2. The number of esters is 2. The molecule has 1 aromatic rings. The van der Waals surface area contributed by atoms with E-state index in [4.69, 9.17) is 14.2 Å². The van der Waals surface area contributed by atoms with Crippen molar-refractivity contribution < 1.29 is 23.8 Å². The zero-order chi connectivity index (χ0) is 13.1. The summed E-state index contributed by atoms with van der Waals surface area (Å²) in [6.07, 6.45) is 0.524. The number of hydrogen-bond donors (Lipinski definition) is 0. The molecule has 5 nitrogen and oxygen atoms in total. The highest BCUT2D eigenvalue weighted by Gasteiger charge is 2.25. The third-order valence-electron chi connectivity index (χ3n) is 2.48. The molecule has 1 aliphatic heterocycles. The first kappa shape index (κ1) is 12.2. The summed E-state index contributed by atoms with van der Waals surface area (Å²) in [5.41, 5.74) is 0.798. The van der Waals surface area contributed by atoms with Crippen molar-refractivity contribution in [2.45, 2.75) is 13.2 Å². The number of methoxy groups -OCH3 is 1. The molecule has 1 atom stereocenters. The molecule has 0 radical (unpaired) electrons. The van der Waals surface area contributed by atoms with Crippen LogP contribution < -0.4 is 4.74 Å². The fourth-order valence-electron chi connectivity index (χ4n) is 1.46. The largest absolute Gasteiger partial charge is 0.497 e. The predicted molar refractivity (Wildman–Crippen MR) is 62.0 cm³/mol. The van der Waals surface area contributed by atoms with Crippen molar-refractivity contribution in [1.29, 1.82) is 0 Å². The van der Waals surface area contributed by atoms with E-state index in [0.29, 0.717) is 16.9 Å². The molecule has 0 fully saturated rings. The van der Waals surface area contributed by atoms with Crippen molar-refractivity contribution in [2.75, 3.05) is 7.11 Å². The molecule has 0 N–H and O–H groups in total. The smallest absolute Gasteiger partial charge is 0.341 e. The van der Waals surface area contributed by atoms with E-state index >= 15 is 0 Å². The van der Waals surface area contributed by atoms with Crippen LogP contribution in [0.25, 0.3) is 0 Å². The van der Waals surface area contributed by atoms with Crippen LogP contribution in [0.1, 0.15) is 17.3 Å². The van der Waals surface area contributed by atoms with Gasteiger partial charge in [-0.1, -0.05) is 0 Å². The van der Waals surface area contributed by atoms with Crippen LogP contribution >= 0.6 is 0 Å². The number of carbonyl (C=O) groups excluding carboxylic acids is 2. The molecule has 1 aliphatic rings. The molecule has 18 heavy (non-hydrogen) atoms. The third-order valence-corrected chi connectivity index (χ3v) is 2.48. The van der Waals surface area contributed by atoms with Gasteiger partial charge in [-0.3, -0.25) is 0 Å². The molecule has 2 rings (SSSR count). The molecular weight excluding hydrogens is 236 g/mol. The van der Waals surface area contributed by atoms with E-state index in [9.17, 15) is 9.59 Å². The Bertz CT molecular complexity index is 501. The molecule has 1 aromatic carbocycles. The van der Waals surface area contributed by atoms with Gasteiger partial charge in [0.05, 0.1) is 12.7 Å². The minimum Gasteiger partial charge on any atom is -0.497 e. The van der Waals surface area contributed by atoms with E-state index in [-0.39, 0.29) is 0 Å². The second-order valence-electron chi connectivity index (χ2n) is 3.76. The molecule has 0 spiro atoms. The summed E-state index contributed by atoms with van der Waals surface area (Å²) in [4.78, 5) is 22.8. The van der Waals surface area contributed by atoms with Gasteiger partial charge in [0, 0.05) is 11.6 Å². The highest BCUT2D eigenvalue weighted by molar-refractivity contribution is 5.92. The van der Waals surface area contributed by atoms with Crippen molar-refractivity contribution in [3.05, 3.63) is 41.5 Å². The SMILES string of the molecule is COc1ccc(C(=O)OC2C=C(C)C(=O)O2)cc1. The molecule has 0 saturated carbocycles. The topological polar surface area (TPSA) is 61.8 Å². The van der Waals surface area contributed by atoms with Gasteiger partial charge in [-0.05, 0) is 31.2 Å². The molecule has 0 saturated heterocycles. The van der Waals surface area contributed by atoms with Crippen LogP contribution in [-0.2, 0) is 14.3 Å². The van der Waals surface area contributed by atoms with Crippen molar-refractivity contribution in [3.63, 3.8) is 0 Å². The lowest BCUT2D eigenvalue weighted by molar-refractivity contribution is -0.151. The first-order chi connectivity index (χ1) is 8.60. The molecular formula is C13H12O5. The monoisotopic (exact) mass is 248 g/mol. The van der Waals surface area contributed by atoms with Crippen LogP contribution in [0.3, 0.4) is 0 Å². The first-order valence-corrected chi connectivity index (χ1v) is 5.34. The predicted octanol–water partition coefficient (Wildman–Crippen LogP) is 1.68. The summed E-state index contributed by atoms with van der Waals surface area (Å²) in [5.74, 6) is -0.376. The Labute approximate surface area is 104 Å². The summed E-state index contributed by atoms with van der Waals surface area (Å²) >= 11 is 0. The van der Waals surface area contributed by atoms with E-state index in [0.717, 1.165) is 0 Å². The fraction of sp³-hybridized carbons (Fsp3) is 0.231. The molecule has 94 valence electrons. The van der Waals surface area contributed by atoms with E-state index < -0.39 is 18.2 Å². The molecule has 0 amide bonds. The van der Waals surface area contributed by atoms with Crippen LogP contribution in [0, 0.1) is 0 Å².